The van der Waals surface area contributed by atoms with Gasteiger partial charge in [0.15, 0.2) is 0 Å². The molecule has 100 valence electrons. The Hall–Kier alpha value is -1.09. The Labute approximate surface area is 110 Å². The van der Waals surface area contributed by atoms with E-state index in [0.717, 1.165) is 29.5 Å². The van der Waals surface area contributed by atoms with Gasteiger partial charge in [-0.05, 0) is 44.2 Å². The predicted molar refractivity (Wildman–Crippen MR) is 73.5 cm³/mol. The molecule has 0 amide bonds. The van der Waals surface area contributed by atoms with E-state index in [4.69, 9.17) is 10.5 Å². The SMILES string of the molecule is CCC1CCCC(Oc2ccc(C)nc2CN)C1. The van der Waals surface area contributed by atoms with Crippen LogP contribution in [0, 0.1) is 12.8 Å². The lowest BCUT2D eigenvalue weighted by atomic mass is 9.85. The van der Waals surface area contributed by atoms with Crippen LogP contribution in [0.15, 0.2) is 12.1 Å². The molecule has 2 rings (SSSR count). The summed E-state index contributed by atoms with van der Waals surface area (Å²) in [5.74, 6) is 1.70. The Morgan fingerprint density at radius 1 is 1.39 bits per heavy atom. The minimum Gasteiger partial charge on any atom is -0.488 e. The van der Waals surface area contributed by atoms with Crippen molar-refractivity contribution in [3.05, 3.63) is 23.5 Å². The van der Waals surface area contributed by atoms with Crippen molar-refractivity contribution < 1.29 is 4.74 Å². The second-order valence-electron chi connectivity index (χ2n) is 5.28. The van der Waals surface area contributed by atoms with Gasteiger partial charge in [-0.1, -0.05) is 19.8 Å². The summed E-state index contributed by atoms with van der Waals surface area (Å²) in [6, 6.07) is 4.01. The van der Waals surface area contributed by atoms with Gasteiger partial charge in [-0.15, -0.1) is 0 Å². The molecule has 3 heteroatoms. The maximum Gasteiger partial charge on any atom is 0.142 e. The highest BCUT2D eigenvalue weighted by Gasteiger charge is 2.22. The van der Waals surface area contributed by atoms with Crippen LogP contribution in [-0.2, 0) is 6.54 Å². The van der Waals surface area contributed by atoms with Crippen LogP contribution in [-0.4, -0.2) is 11.1 Å². The normalized spacial score (nSPS) is 23.9. The van der Waals surface area contributed by atoms with Gasteiger partial charge in [0.05, 0.1) is 11.8 Å². The minimum absolute atomic E-state index is 0.346. The standard InChI is InChI=1S/C15H24N2O/c1-3-12-5-4-6-13(9-12)18-15-8-7-11(2)17-14(15)10-16/h7-8,12-13H,3-6,9-10,16H2,1-2H3. The van der Waals surface area contributed by atoms with Gasteiger partial charge in [0.25, 0.3) is 0 Å². The van der Waals surface area contributed by atoms with E-state index < -0.39 is 0 Å². The van der Waals surface area contributed by atoms with E-state index >= 15 is 0 Å². The number of hydrogen-bond acceptors (Lipinski definition) is 3. The minimum atomic E-state index is 0.346. The maximum atomic E-state index is 6.12. The Balaban J connectivity index is 2.04. The van der Waals surface area contributed by atoms with E-state index in [9.17, 15) is 0 Å². The van der Waals surface area contributed by atoms with Crippen molar-refractivity contribution >= 4 is 0 Å². The molecule has 1 aliphatic rings. The second-order valence-corrected chi connectivity index (χ2v) is 5.28. The highest BCUT2D eigenvalue weighted by molar-refractivity contribution is 5.29. The molecule has 0 aromatic carbocycles. The van der Waals surface area contributed by atoms with Crippen molar-refractivity contribution in [1.29, 1.82) is 0 Å². The lowest BCUT2D eigenvalue weighted by molar-refractivity contribution is 0.120. The van der Waals surface area contributed by atoms with Crippen molar-refractivity contribution in [2.75, 3.05) is 0 Å². The fourth-order valence-corrected chi connectivity index (χ4v) is 2.75. The first-order valence-electron chi connectivity index (χ1n) is 7.06. The van der Waals surface area contributed by atoms with Crippen LogP contribution in [0.4, 0.5) is 0 Å². The van der Waals surface area contributed by atoms with E-state index in [-0.39, 0.29) is 0 Å². The molecule has 3 nitrogen and oxygen atoms in total. The van der Waals surface area contributed by atoms with Gasteiger partial charge >= 0.3 is 0 Å². The number of pyridine rings is 1. The highest BCUT2D eigenvalue weighted by Crippen LogP contribution is 2.30. The fraction of sp³-hybridized carbons (Fsp3) is 0.667. The van der Waals surface area contributed by atoms with Crippen LogP contribution in [0.3, 0.4) is 0 Å². The fourth-order valence-electron chi connectivity index (χ4n) is 2.75. The molecule has 1 aromatic rings. The summed E-state index contributed by atoms with van der Waals surface area (Å²) in [5.41, 5.74) is 7.62. The van der Waals surface area contributed by atoms with Crippen molar-refractivity contribution in [2.24, 2.45) is 11.7 Å². The molecule has 1 fully saturated rings. The second kappa shape index (κ2) is 6.19. The predicted octanol–water partition coefficient (Wildman–Crippen LogP) is 3.20. The van der Waals surface area contributed by atoms with Gasteiger partial charge in [-0.2, -0.15) is 0 Å². The summed E-state index contributed by atoms with van der Waals surface area (Å²) in [6.07, 6.45) is 6.57. The topological polar surface area (TPSA) is 48.1 Å². The molecule has 0 saturated heterocycles. The largest absolute Gasteiger partial charge is 0.488 e. The smallest absolute Gasteiger partial charge is 0.142 e. The average Bonchev–Trinajstić information content (AvgIpc) is 2.41. The average molecular weight is 248 g/mol. The third kappa shape index (κ3) is 3.22. The number of nitrogens with zero attached hydrogens (tertiary/aromatic N) is 1. The zero-order valence-electron chi connectivity index (χ0n) is 11.5. The number of rotatable bonds is 4. The molecule has 2 atom stereocenters. The Bertz CT molecular complexity index is 392. The zero-order valence-corrected chi connectivity index (χ0v) is 11.5. The first-order valence-corrected chi connectivity index (χ1v) is 7.06. The molecule has 2 N–H and O–H groups in total. The van der Waals surface area contributed by atoms with Crippen LogP contribution in [0.5, 0.6) is 5.75 Å². The summed E-state index contributed by atoms with van der Waals surface area (Å²) in [5, 5.41) is 0. The van der Waals surface area contributed by atoms with Crippen LogP contribution in [0.1, 0.15) is 50.4 Å². The van der Waals surface area contributed by atoms with Crippen molar-refractivity contribution in [1.82, 2.24) is 4.98 Å². The molecule has 1 aliphatic carbocycles. The van der Waals surface area contributed by atoms with Crippen LogP contribution in [0.25, 0.3) is 0 Å². The molecule has 18 heavy (non-hydrogen) atoms. The van der Waals surface area contributed by atoms with Crippen molar-refractivity contribution in [3.63, 3.8) is 0 Å². The molecule has 1 saturated carbocycles. The number of ether oxygens (including phenoxy) is 1. The lowest BCUT2D eigenvalue weighted by Gasteiger charge is -2.29. The van der Waals surface area contributed by atoms with Gasteiger partial charge in [0, 0.05) is 12.2 Å². The van der Waals surface area contributed by atoms with Crippen LogP contribution >= 0.6 is 0 Å². The monoisotopic (exact) mass is 248 g/mol. The molecular weight excluding hydrogens is 224 g/mol. The summed E-state index contributed by atoms with van der Waals surface area (Å²) < 4.78 is 6.12. The molecule has 0 aliphatic heterocycles. The Kier molecular flexibility index (Phi) is 4.59. The number of aryl methyl sites for hydroxylation is 1. The lowest BCUT2D eigenvalue weighted by Crippen LogP contribution is -2.25. The van der Waals surface area contributed by atoms with Gasteiger partial charge in [-0.3, -0.25) is 4.98 Å². The van der Waals surface area contributed by atoms with Crippen molar-refractivity contribution in [3.8, 4) is 5.75 Å². The quantitative estimate of drug-likeness (QED) is 0.890. The molecule has 1 heterocycles. The van der Waals surface area contributed by atoms with Gasteiger partial charge in [0.1, 0.15) is 5.75 Å². The Morgan fingerprint density at radius 2 is 2.22 bits per heavy atom. The van der Waals surface area contributed by atoms with Crippen LogP contribution < -0.4 is 10.5 Å². The van der Waals surface area contributed by atoms with Crippen molar-refractivity contribution in [2.45, 2.75) is 58.6 Å². The first-order chi connectivity index (χ1) is 8.72. The summed E-state index contributed by atoms with van der Waals surface area (Å²) in [7, 11) is 0. The van der Waals surface area contributed by atoms with E-state index in [0.29, 0.717) is 12.6 Å². The summed E-state index contributed by atoms with van der Waals surface area (Å²) in [6.45, 7) is 4.70. The molecule has 1 aromatic heterocycles. The zero-order chi connectivity index (χ0) is 13.0. The number of nitrogens with two attached hydrogens (primary N) is 1. The van der Waals surface area contributed by atoms with Gasteiger partial charge < -0.3 is 10.5 Å². The highest BCUT2D eigenvalue weighted by atomic mass is 16.5. The third-order valence-electron chi connectivity index (χ3n) is 3.87. The molecule has 0 radical (unpaired) electrons. The third-order valence-corrected chi connectivity index (χ3v) is 3.87. The number of hydrogen-bond donors (Lipinski definition) is 1. The Morgan fingerprint density at radius 3 is 2.94 bits per heavy atom. The van der Waals surface area contributed by atoms with E-state index in [1.165, 1.54) is 25.7 Å². The molecular formula is C15H24N2O. The molecule has 0 spiro atoms. The molecule has 0 bridgehead atoms. The van der Waals surface area contributed by atoms with Gasteiger partial charge in [-0.25, -0.2) is 0 Å². The summed E-state index contributed by atoms with van der Waals surface area (Å²) in [4.78, 5) is 4.45. The van der Waals surface area contributed by atoms with E-state index in [1.807, 2.05) is 19.1 Å². The first kappa shape index (κ1) is 13.3. The summed E-state index contributed by atoms with van der Waals surface area (Å²) >= 11 is 0. The number of aromatic nitrogens is 1. The molecule has 2 unspecified atom stereocenters. The van der Waals surface area contributed by atoms with Crippen LogP contribution in [0.2, 0.25) is 0 Å². The van der Waals surface area contributed by atoms with E-state index in [1.54, 1.807) is 0 Å². The van der Waals surface area contributed by atoms with E-state index in [2.05, 4.69) is 11.9 Å². The maximum absolute atomic E-state index is 6.12. The van der Waals surface area contributed by atoms with Gasteiger partial charge in [0.2, 0.25) is 0 Å².